The van der Waals surface area contributed by atoms with Gasteiger partial charge in [0.05, 0.1) is 17.8 Å². The predicted molar refractivity (Wildman–Crippen MR) is 96.2 cm³/mol. The van der Waals surface area contributed by atoms with Crippen LogP contribution in [0.5, 0.6) is 0 Å². The molecule has 0 aliphatic heterocycles. The zero-order valence-electron chi connectivity index (χ0n) is 16.5. The third-order valence-corrected chi connectivity index (χ3v) is 4.59. The summed E-state index contributed by atoms with van der Waals surface area (Å²) in [5.41, 5.74) is 0. The number of hydrogen-bond acceptors (Lipinski definition) is 6. The molecule has 0 heterocycles. The minimum absolute atomic E-state index is 0.318. The molecule has 0 fully saturated rings. The van der Waals surface area contributed by atoms with Crippen molar-refractivity contribution in [3.8, 4) is 0 Å². The molecule has 0 spiro atoms. The van der Waals surface area contributed by atoms with Gasteiger partial charge in [0.2, 0.25) is 0 Å². The fraction of sp³-hybridized carbons (Fsp3) is 0.833. The molecule has 0 aromatic carbocycles. The van der Waals surface area contributed by atoms with Gasteiger partial charge in [-0.3, -0.25) is 14.4 Å². The van der Waals surface area contributed by atoms with Crippen molar-refractivity contribution >= 4 is 25.2 Å². The van der Waals surface area contributed by atoms with Gasteiger partial charge < -0.3 is 14.0 Å². The van der Waals surface area contributed by atoms with E-state index in [1.807, 2.05) is 41.5 Å². The molecule has 0 saturated carbocycles. The first-order chi connectivity index (χ1) is 11.9. The molecule has 0 atom stereocenters. The lowest BCUT2D eigenvalue weighted by Crippen LogP contribution is -2.39. The maximum absolute atomic E-state index is 12.2. The number of carbonyl (C=O) groups excluding carboxylic acids is 3. The zero-order valence-corrected chi connectivity index (χ0v) is 16.5. The highest BCUT2D eigenvalue weighted by atomic mass is 16.8. The Labute approximate surface area is 152 Å². The molecule has 0 bridgehead atoms. The molecule has 0 aliphatic rings. The van der Waals surface area contributed by atoms with Crippen LogP contribution in [0.4, 0.5) is 0 Å². The average molecular weight is 356 g/mol. The van der Waals surface area contributed by atoms with Gasteiger partial charge in [-0.25, -0.2) is 0 Å². The SMILES string of the molecule is CCC(CC)C(=O)OB(OC(=O)C(CC)CC)OC(=O)C(CC)CC. The van der Waals surface area contributed by atoms with Crippen LogP contribution >= 0.6 is 0 Å². The van der Waals surface area contributed by atoms with E-state index in [1.54, 1.807) is 0 Å². The number of hydrogen-bond donors (Lipinski definition) is 0. The summed E-state index contributed by atoms with van der Waals surface area (Å²) in [6.07, 6.45) is 3.60. The highest BCUT2D eigenvalue weighted by Crippen LogP contribution is 2.16. The summed E-state index contributed by atoms with van der Waals surface area (Å²) in [6.45, 7) is 11.2. The minimum atomic E-state index is -1.62. The second-order valence-electron chi connectivity index (χ2n) is 6.14. The summed E-state index contributed by atoms with van der Waals surface area (Å²) >= 11 is 0. The maximum atomic E-state index is 12.2. The van der Waals surface area contributed by atoms with E-state index in [2.05, 4.69) is 0 Å². The van der Waals surface area contributed by atoms with Crippen LogP contribution in [0, 0.1) is 17.8 Å². The van der Waals surface area contributed by atoms with Crippen LogP contribution in [-0.4, -0.2) is 25.2 Å². The Morgan fingerprint density at radius 3 is 0.920 bits per heavy atom. The lowest BCUT2D eigenvalue weighted by molar-refractivity contribution is -0.153. The first-order valence-electron chi connectivity index (χ1n) is 9.49. The van der Waals surface area contributed by atoms with Crippen LogP contribution in [-0.2, 0) is 28.3 Å². The molecule has 6 nitrogen and oxygen atoms in total. The van der Waals surface area contributed by atoms with Gasteiger partial charge in [0.1, 0.15) is 0 Å². The van der Waals surface area contributed by atoms with Gasteiger partial charge in [-0.1, -0.05) is 41.5 Å². The highest BCUT2D eigenvalue weighted by Gasteiger charge is 2.40. The van der Waals surface area contributed by atoms with Crippen LogP contribution in [0.25, 0.3) is 0 Å². The standard InChI is InChI=1S/C18H33BO6/c1-7-13(8-2)16(20)23-19(24-17(21)14(9-3)10-4)25-18(22)15(11-5)12-6/h13-15H,7-12H2,1-6H3. The minimum Gasteiger partial charge on any atom is -0.462 e. The summed E-state index contributed by atoms with van der Waals surface area (Å²) in [5, 5.41) is 0. The number of carbonyl (C=O) groups is 3. The Hall–Kier alpha value is -1.53. The molecule has 0 saturated heterocycles. The fourth-order valence-corrected chi connectivity index (χ4v) is 2.51. The van der Waals surface area contributed by atoms with E-state index in [1.165, 1.54) is 0 Å². The van der Waals surface area contributed by atoms with Crippen LogP contribution in [0.1, 0.15) is 80.1 Å². The van der Waals surface area contributed by atoms with E-state index in [9.17, 15) is 14.4 Å². The molecule has 7 heteroatoms. The molecular formula is C18H33BO6. The van der Waals surface area contributed by atoms with Crippen molar-refractivity contribution < 1.29 is 28.3 Å². The van der Waals surface area contributed by atoms with E-state index < -0.39 is 25.2 Å². The van der Waals surface area contributed by atoms with Crippen molar-refractivity contribution in [2.45, 2.75) is 80.1 Å². The van der Waals surface area contributed by atoms with Crippen molar-refractivity contribution in [1.29, 1.82) is 0 Å². The lowest BCUT2D eigenvalue weighted by atomic mass is 10.0. The van der Waals surface area contributed by atoms with Crippen molar-refractivity contribution in [3.05, 3.63) is 0 Å². The molecule has 0 amide bonds. The molecule has 144 valence electrons. The molecule has 25 heavy (non-hydrogen) atoms. The van der Waals surface area contributed by atoms with Gasteiger partial charge >= 0.3 is 7.32 Å². The Kier molecular flexibility index (Phi) is 12.0. The highest BCUT2D eigenvalue weighted by molar-refractivity contribution is 6.44. The third kappa shape index (κ3) is 7.93. The largest absolute Gasteiger partial charge is 0.870 e. The average Bonchev–Trinajstić information content (AvgIpc) is 2.57. The van der Waals surface area contributed by atoms with Crippen molar-refractivity contribution in [3.63, 3.8) is 0 Å². The third-order valence-electron chi connectivity index (χ3n) is 4.59. The summed E-state index contributed by atoms with van der Waals surface area (Å²) in [4.78, 5) is 36.6. The molecule has 0 unspecified atom stereocenters. The number of rotatable bonds is 12. The van der Waals surface area contributed by atoms with Crippen LogP contribution in [0.3, 0.4) is 0 Å². The van der Waals surface area contributed by atoms with Gasteiger partial charge in [-0.15, -0.1) is 0 Å². The van der Waals surface area contributed by atoms with Crippen molar-refractivity contribution in [1.82, 2.24) is 0 Å². The van der Waals surface area contributed by atoms with Crippen LogP contribution < -0.4 is 0 Å². The molecule has 0 rings (SSSR count). The van der Waals surface area contributed by atoms with Gasteiger partial charge in [0.15, 0.2) is 0 Å². The molecule has 0 aromatic heterocycles. The summed E-state index contributed by atoms with van der Waals surface area (Å²) in [6, 6.07) is 0. The van der Waals surface area contributed by atoms with E-state index in [0.29, 0.717) is 38.5 Å². The normalized spacial score (nSPS) is 10.9. The van der Waals surface area contributed by atoms with E-state index >= 15 is 0 Å². The topological polar surface area (TPSA) is 78.9 Å². The van der Waals surface area contributed by atoms with Crippen molar-refractivity contribution in [2.75, 3.05) is 0 Å². The van der Waals surface area contributed by atoms with E-state index in [0.717, 1.165) is 0 Å². The Balaban J connectivity index is 5.12. The summed E-state index contributed by atoms with van der Waals surface area (Å²) in [5.74, 6) is -2.53. The second-order valence-corrected chi connectivity index (χ2v) is 6.14. The molecule has 0 aliphatic carbocycles. The molecule has 0 aromatic rings. The lowest BCUT2D eigenvalue weighted by Gasteiger charge is -2.20. The smallest absolute Gasteiger partial charge is 0.462 e. The van der Waals surface area contributed by atoms with Gasteiger partial charge in [-0.2, -0.15) is 0 Å². The Morgan fingerprint density at radius 1 is 0.560 bits per heavy atom. The van der Waals surface area contributed by atoms with E-state index in [4.69, 9.17) is 14.0 Å². The first-order valence-corrected chi connectivity index (χ1v) is 9.49. The summed E-state index contributed by atoms with van der Waals surface area (Å²) < 4.78 is 15.6. The fourth-order valence-electron chi connectivity index (χ4n) is 2.51. The second kappa shape index (κ2) is 12.8. The first kappa shape index (κ1) is 23.5. The Morgan fingerprint density at radius 2 is 0.760 bits per heavy atom. The van der Waals surface area contributed by atoms with Crippen LogP contribution in [0.15, 0.2) is 0 Å². The predicted octanol–water partition coefficient (Wildman–Crippen LogP) is 3.91. The quantitative estimate of drug-likeness (QED) is 0.493. The summed E-state index contributed by atoms with van der Waals surface area (Å²) in [7, 11) is -1.62. The van der Waals surface area contributed by atoms with Crippen LogP contribution in [0.2, 0.25) is 0 Å². The van der Waals surface area contributed by atoms with E-state index in [-0.39, 0.29) is 17.8 Å². The zero-order chi connectivity index (χ0) is 19.4. The molecular weight excluding hydrogens is 323 g/mol. The monoisotopic (exact) mass is 356 g/mol. The Bertz CT molecular complexity index is 352. The van der Waals surface area contributed by atoms with Gasteiger partial charge in [-0.05, 0) is 38.5 Å². The van der Waals surface area contributed by atoms with Crippen molar-refractivity contribution in [2.24, 2.45) is 17.8 Å². The van der Waals surface area contributed by atoms with Gasteiger partial charge in [0, 0.05) is 0 Å². The molecule has 0 radical (unpaired) electrons. The maximum Gasteiger partial charge on any atom is 0.870 e. The van der Waals surface area contributed by atoms with Gasteiger partial charge in [0.25, 0.3) is 17.9 Å². The molecule has 0 N–H and O–H groups in total.